The molecule has 0 bridgehead atoms. The summed E-state index contributed by atoms with van der Waals surface area (Å²) in [5.74, 6) is 0.927. The first-order chi connectivity index (χ1) is 5.36. The zero-order valence-electron chi connectivity index (χ0n) is 6.85. The van der Waals surface area contributed by atoms with Crippen molar-refractivity contribution in [3.05, 3.63) is 11.6 Å². The zero-order chi connectivity index (χ0) is 7.68. The normalized spacial score (nSPS) is 32.8. The van der Waals surface area contributed by atoms with Crippen LogP contribution in [-0.4, -0.2) is 5.38 Å². The van der Waals surface area contributed by atoms with Gasteiger partial charge in [0.2, 0.25) is 0 Å². The van der Waals surface area contributed by atoms with Gasteiger partial charge < -0.3 is 0 Å². The summed E-state index contributed by atoms with van der Waals surface area (Å²) in [7, 11) is 0. The van der Waals surface area contributed by atoms with Crippen LogP contribution in [0.1, 0.15) is 38.5 Å². The molecule has 0 heterocycles. The maximum absolute atomic E-state index is 6.06. The van der Waals surface area contributed by atoms with E-state index in [1.807, 2.05) is 0 Å². The van der Waals surface area contributed by atoms with Gasteiger partial charge in [0.25, 0.3) is 0 Å². The molecule has 0 aromatic carbocycles. The van der Waals surface area contributed by atoms with E-state index in [0.29, 0.717) is 5.38 Å². The average Bonchev–Trinajstić information content (AvgIpc) is 1.83. The van der Waals surface area contributed by atoms with Crippen molar-refractivity contribution in [3.8, 4) is 0 Å². The van der Waals surface area contributed by atoms with Gasteiger partial charge in [-0.1, -0.05) is 18.1 Å². The van der Waals surface area contributed by atoms with Crippen molar-refractivity contribution in [1.29, 1.82) is 0 Å². The van der Waals surface area contributed by atoms with Gasteiger partial charge in [-0.05, 0) is 38.0 Å². The first kappa shape index (κ1) is 7.67. The van der Waals surface area contributed by atoms with E-state index in [-0.39, 0.29) is 0 Å². The lowest BCUT2D eigenvalue weighted by Gasteiger charge is -2.31. The Balaban J connectivity index is 1.99. The average molecular weight is 171 g/mol. The minimum atomic E-state index is 0.347. The molecule has 0 aromatic rings. The molecule has 2 aliphatic rings. The minimum absolute atomic E-state index is 0.347. The van der Waals surface area contributed by atoms with Crippen molar-refractivity contribution in [2.45, 2.75) is 43.9 Å². The molecule has 1 saturated carbocycles. The lowest BCUT2D eigenvalue weighted by Crippen LogP contribution is -2.17. The number of halogens is 1. The van der Waals surface area contributed by atoms with Crippen molar-refractivity contribution in [1.82, 2.24) is 0 Å². The molecule has 1 fully saturated rings. The van der Waals surface area contributed by atoms with Crippen LogP contribution in [-0.2, 0) is 0 Å². The van der Waals surface area contributed by atoms with Crippen LogP contribution in [0.3, 0.4) is 0 Å². The first-order valence-electron chi connectivity index (χ1n) is 4.71. The van der Waals surface area contributed by atoms with E-state index in [4.69, 9.17) is 11.6 Å². The predicted octanol–water partition coefficient (Wildman–Crippen LogP) is 3.50. The highest BCUT2D eigenvalue weighted by Gasteiger charge is 2.23. The molecule has 2 aliphatic carbocycles. The number of hydrogen-bond donors (Lipinski definition) is 0. The van der Waals surface area contributed by atoms with Crippen LogP contribution in [0.25, 0.3) is 0 Å². The molecule has 11 heavy (non-hydrogen) atoms. The van der Waals surface area contributed by atoms with Crippen molar-refractivity contribution in [2.75, 3.05) is 0 Å². The molecule has 0 spiro atoms. The van der Waals surface area contributed by atoms with Crippen LogP contribution < -0.4 is 0 Å². The van der Waals surface area contributed by atoms with Gasteiger partial charge >= 0.3 is 0 Å². The topological polar surface area (TPSA) is 0 Å². The van der Waals surface area contributed by atoms with E-state index in [9.17, 15) is 0 Å². The second-order valence-corrected chi connectivity index (χ2v) is 4.34. The molecular weight excluding hydrogens is 156 g/mol. The lowest BCUT2D eigenvalue weighted by molar-refractivity contribution is 0.352. The van der Waals surface area contributed by atoms with Crippen LogP contribution in [0.15, 0.2) is 11.6 Å². The van der Waals surface area contributed by atoms with E-state index >= 15 is 0 Å². The van der Waals surface area contributed by atoms with Crippen LogP contribution in [0.4, 0.5) is 0 Å². The summed E-state index contributed by atoms with van der Waals surface area (Å²) in [5, 5.41) is 0.347. The molecule has 0 aromatic heterocycles. The van der Waals surface area contributed by atoms with Crippen LogP contribution in [0.5, 0.6) is 0 Å². The van der Waals surface area contributed by atoms with Crippen molar-refractivity contribution in [2.24, 2.45) is 5.92 Å². The van der Waals surface area contributed by atoms with Gasteiger partial charge in [-0.2, -0.15) is 0 Å². The highest BCUT2D eigenvalue weighted by molar-refractivity contribution is 6.21. The Kier molecular flexibility index (Phi) is 2.22. The number of rotatable bonds is 1. The molecule has 62 valence electrons. The maximum atomic E-state index is 6.06. The fourth-order valence-electron chi connectivity index (χ4n) is 2.02. The Morgan fingerprint density at radius 3 is 2.55 bits per heavy atom. The fraction of sp³-hybridized carbons (Fsp3) is 0.800. The Morgan fingerprint density at radius 2 is 2.00 bits per heavy atom. The Hall–Kier alpha value is 0.0300. The van der Waals surface area contributed by atoms with Gasteiger partial charge in [0.05, 0.1) is 5.38 Å². The SMILES string of the molecule is ClC1C=C(C2CCC2)CCC1. The van der Waals surface area contributed by atoms with Gasteiger partial charge in [-0.25, -0.2) is 0 Å². The minimum Gasteiger partial charge on any atom is -0.118 e. The molecule has 0 N–H and O–H groups in total. The van der Waals surface area contributed by atoms with E-state index in [1.54, 1.807) is 5.57 Å². The third-order valence-corrected chi connectivity index (χ3v) is 3.31. The third-order valence-electron chi connectivity index (χ3n) is 2.97. The summed E-state index contributed by atoms with van der Waals surface area (Å²) >= 11 is 6.06. The van der Waals surface area contributed by atoms with E-state index in [0.717, 1.165) is 5.92 Å². The van der Waals surface area contributed by atoms with E-state index < -0.39 is 0 Å². The predicted molar refractivity (Wildman–Crippen MR) is 48.9 cm³/mol. The third kappa shape index (κ3) is 1.61. The van der Waals surface area contributed by atoms with E-state index in [2.05, 4.69) is 6.08 Å². The molecule has 0 saturated heterocycles. The summed E-state index contributed by atoms with van der Waals surface area (Å²) in [6.45, 7) is 0. The van der Waals surface area contributed by atoms with Crippen LogP contribution >= 0.6 is 11.6 Å². The molecule has 2 rings (SSSR count). The molecule has 0 amide bonds. The van der Waals surface area contributed by atoms with Crippen LogP contribution in [0.2, 0.25) is 0 Å². The van der Waals surface area contributed by atoms with Gasteiger partial charge in [0, 0.05) is 0 Å². The van der Waals surface area contributed by atoms with Gasteiger partial charge in [0.15, 0.2) is 0 Å². The molecular formula is C10H15Cl. The lowest BCUT2D eigenvalue weighted by atomic mass is 9.76. The van der Waals surface area contributed by atoms with Crippen molar-refractivity contribution in [3.63, 3.8) is 0 Å². The molecule has 0 nitrogen and oxygen atoms in total. The molecule has 0 radical (unpaired) electrons. The largest absolute Gasteiger partial charge is 0.118 e. The summed E-state index contributed by atoms with van der Waals surface area (Å²) in [6.07, 6.45) is 10.4. The first-order valence-corrected chi connectivity index (χ1v) is 5.14. The summed E-state index contributed by atoms with van der Waals surface area (Å²) < 4.78 is 0. The molecule has 1 heteroatoms. The summed E-state index contributed by atoms with van der Waals surface area (Å²) in [6, 6.07) is 0. The van der Waals surface area contributed by atoms with Crippen LogP contribution in [0, 0.1) is 5.92 Å². The highest BCUT2D eigenvalue weighted by Crippen LogP contribution is 2.38. The molecule has 0 aliphatic heterocycles. The van der Waals surface area contributed by atoms with Gasteiger partial charge in [-0.15, -0.1) is 11.6 Å². The number of alkyl halides is 1. The van der Waals surface area contributed by atoms with Gasteiger partial charge in [-0.3, -0.25) is 0 Å². The Bertz CT molecular complexity index is 168. The van der Waals surface area contributed by atoms with Crippen molar-refractivity contribution >= 4 is 11.6 Å². The molecule has 1 unspecified atom stereocenters. The zero-order valence-corrected chi connectivity index (χ0v) is 7.61. The number of allylic oxidation sites excluding steroid dienone is 2. The quantitative estimate of drug-likeness (QED) is 0.418. The second-order valence-electron chi connectivity index (χ2n) is 3.78. The maximum Gasteiger partial charge on any atom is 0.0518 e. The highest BCUT2D eigenvalue weighted by atomic mass is 35.5. The standard InChI is InChI=1S/C10H15Cl/c11-10-6-2-5-9(7-10)8-3-1-4-8/h7-8,10H,1-6H2. The summed E-state index contributed by atoms with van der Waals surface area (Å²) in [5.41, 5.74) is 1.67. The Labute approximate surface area is 73.6 Å². The second kappa shape index (κ2) is 3.18. The number of hydrogen-bond acceptors (Lipinski definition) is 0. The van der Waals surface area contributed by atoms with E-state index in [1.165, 1.54) is 38.5 Å². The van der Waals surface area contributed by atoms with Crippen molar-refractivity contribution < 1.29 is 0 Å². The smallest absolute Gasteiger partial charge is 0.0518 e. The summed E-state index contributed by atoms with van der Waals surface area (Å²) in [4.78, 5) is 0. The van der Waals surface area contributed by atoms with Gasteiger partial charge in [0.1, 0.15) is 0 Å². The Morgan fingerprint density at radius 1 is 1.18 bits per heavy atom. The fourth-order valence-corrected chi connectivity index (χ4v) is 2.34. The monoisotopic (exact) mass is 170 g/mol. The molecule has 1 atom stereocenters.